The predicted octanol–water partition coefficient (Wildman–Crippen LogP) is 4.50. The third-order valence-corrected chi connectivity index (χ3v) is 4.97. The standard InChI is InChI=1S/C25H19NO3/c27-23(18-10-3-1-4-11-18)21(25(29)24(28)19-12-5-2-6-13-19)22-20-14-8-7-9-17(20)15-16-26-22/h1-16,21,24,28H. The van der Waals surface area contributed by atoms with E-state index in [-0.39, 0.29) is 5.78 Å². The first kappa shape index (κ1) is 18.7. The van der Waals surface area contributed by atoms with Crippen molar-refractivity contribution in [3.05, 3.63) is 114 Å². The number of nitrogens with zero attached hydrogens (tertiary/aromatic N) is 1. The summed E-state index contributed by atoms with van der Waals surface area (Å²) in [7, 11) is 0. The molecule has 1 N–H and O–H groups in total. The van der Waals surface area contributed by atoms with Gasteiger partial charge in [-0.25, -0.2) is 0 Å². The van der Waals surface area contributed by atoms with Crippen LogP contribution in [0.2, 0.25) is 0 Å². The predicted molar refractivity (Wildman–Crippen MR) is 112 cm³/mol. The van der Waals surface area contributed by atoms with E-state index in [1.54, 1.807) is 60.8 Å². The van der Waals surface area contributed by atoms with Gasteiger partial charge in [-0.05, 0) is 17.0 Å². The monoisotopic (exact) mass is 381 g/mol. The maximum absolute atomic E-state index is 13.4. The van der Waals surface area contributed by atoms with E-state index in [1.807, 2.05) is 36.4 Å². The maximum atomic E-state index is 13.4. The molecule has 0 aliphatic heterocycles. The number of aromatic nitrogens is 1. The number of carbonyl (C=O) groups excluding carboxylic acids is 2. The molecule has 0 aliphatic rings. The van der Waals surface area contributed by atoms with E-state index in [9.17, 15) is 14.7 Å². The molecule has 0 spiro atoms. The van der Waals surface area contributed by atoms with Gasteiger partial charge in [0.2, 0.25) is 0 Å². The first-order valence-electron chi connectivity index (χ1n) is 9.36. The summed E-state index contributed by atoms with van der Waals surface area (Å²) < 4.78 is 0. The Labute approximate surface area is 168 Å². The van der Waals surface area contributed by atoms with Crippen LogP contribution in [0.1, 0.15) is 33.6 Å². The minimum Gasteiger partial charge on any atom is -0.381 e. The Morgan fingerprint density at radius 1 is 0.759 bits per heavy atom. The van der Waals surface area contributed by atoms with Crippen molar-refractivity contribution in [2.45, 2.75) is 12.0 Å². The molecular weight excluding hydrogens is 362 g/mol. The molecule has 4 nitrogen and oxygen atoms in total. The Morgan fingerprint density at radius 3 is 2.10 bits per heavy atom. The fourth-order valence-corrected chi connectivity index (χ4v) is 3.49. The summed E-state index contributed by atoms with van der Waals surface area (Å²) in [5.41, 5.74) is 1.21. The van der Waals surface area contributed by atoms with Crippen molar-refractivity contribution in [1.82, 2.24) is 4.98 Å². The average molecular weight is 381 g/mol. The van der Waals surface area contributed by atoms with Gasteiger partial charge >= 0.3 is 0 Å². The van der Waals surface area contributed by atoms with Crippen molar-refractivity contribution in [2.75, 3.05) is 0 Å². The third kappa shape index (κ3) is 3.71. The third-order valence-electron chi connectivity index (χ3n) is 4.97. The quantitative estimate of drug-likeness (QED) is 0.394. The molecule has 1 heterocycles. The fraction of sp³-hybridized carbons (Fsp3) is 0.0800. The molecule has 0 aliphatic carbocycles. The molecule has 4 rings (SSSR count). The number of fused-ring (bicyclic) bond motifs is 1. The number of hydrogen-bond acceptors (Lipinski definition) is 4. The lowest BCUT2D eigenvalue weighted by Crippen LogP contribution is -2.28. The number of carbonyl (C=O) groups is 2. The normalized spacial score (nSPS) is 13.0. The second-order valence-electron chi connectivity index (χ2n) is 6.80. The smallest absolute Gasteiger partial charge is 0.182 e. The van der Waals surface area contributed by atoms with Gasteiger partial charge in [0, 0.05) is 17.1 Å². The highest BCUT2D eigenvalue weighted by molar-refractivity contribution is 6.17. The van der Waals surface area contributed by atoms with Gasteiger partial charge in [-0.3, -0.25) is 14.6 Å². The second kappa shape index (κ2) is 8.17. The molecule has 4 aromatic rings. The summed E-state index contributed by atoms with van der Waals surface area (Å²) in [6, 6.07) is 26.6. The largest absolute Gasteiger partial charge is 0.381 e. The number of rotatable bonds is 6. The van der Waals surface area contributed by atoms with E-state index in [1.165, 1.54) is 0 Å². The molecule has 0 radical (unpaired) electrons. The Hall–Kier alpha value is -3.63. The molecule has 0 bridgehead atoms. The number of benzene rings is 3. The summed E-state index contributed by atoms with van der Waals surface area (Å²) >= 11 is 0. The SMILES string of the molecule is O=C(c1ccccc1)C(C(=O)C(O)c1ccccc1)c1nccc2ccccc12. The molecule has 0 fully saturated rings. The molecule has 142 valence electrons. The van der Waals surface area contributed by atoms with Gasteiger partial charge in [-0.2, -0.15) is 0 Å². The molecule has 4 heteroatoms. The lowest BCUT2D eigenvalue weighted by atomic mass is 9.84. The molecule has 3 aromatic carbocycles. The minimum absolute atomic E-state index is 0.358. The lowest BCUT2D eigenvalue weighted by molar-refractivity contribution is -0.127. The first-order chi connectivity index (χ1) is 14.2. The van der Waals surface area contributed by atoms with Gasteiger partial charge in [0.1, 0.15) is 12.0 Å². The van der Waals surface area contributed by atoms with E-state index < -0.39 is 17.8 Å². The Balaban J connectivity index is 1.85. The van der Waals surface area contributed by atoms with Crippen molar-refractivity contribution in [1.29, 1.82) is 0 Å². The van der Waals surface area contributed by atoms with Crippen LogP contribution < -0.4 is 0 Å². The molecule has 29 heavy (non-hydrogen) atoms. The van der Waals surface area contributed by atoms with E-state index in [0.29, 0.717) is 16.8 Å². The first-order valence-corrected chi connectivity index (χ1v) is 9.36. The van der Waals surface area contributed by atoms with Crippen LogP contribution in [-0.4, -0.2) is 21.7 Å². The van der Waals surface area contributed by atoms with Crippen molar-refractivity contribution >= 4 is 22.3 Å². The Morgan fingerprint density at radius 2 is 1.38 bits per heavy atom. The van der Waals surface area contributed by atoms with Crippen LogP contribution in [0.15, 0.2) is 97.2 Å². The van der Waals surface area contributed by atoms with Gasteiger partial charge < -0.3 is 5.11 Å². The average Bonchev–Trinajstić information content (AvgIpc) is 2.80. The number of Topliss-reactive ketones (excluding diaryl/α,β-unsaturated/α-hetero) is 2. The highest BCUT2D eigenvalue weighted by Crippen LogP contribution is 2.31. The van der Waals surface area contributed by atoms with Crippen LogP contribution in [0.5, 0.6) is 0 Å². The summed E-state index contributed by atoms with van der Waals surface area (Å²) in [4.78, 5) is 31.2. The minimum atomic E-state index is -1.42. The zero-order valence-corrected chi connectivity index (χ0v) is 15.6. The molecule has 2 unspecified atom stereocenters. The Kier molecular flexibility index (Phi) is 5.27. The molecule has 0 amide bonds. The summed E-state index contributed by atoms with van der Waals surface area (Å²) in [6.45, 7) is 0. The number of aliphatic hydroxyl groups excluding tert-OH is 1. The van der Waals surface area contributed by atoms with Crippen LogP contribution in [0.4, 0.5) is 0 Å². The summed E-state index contributed by atoms with van der Waals surface area (Å²) in [5.74, 6) is -2.18. The molecule has 0 saturated heterocycles. The van der Waals surface area contributed by atoms with E-state index in [4.69, 9.17) is 0 Å². The van der Waals surface area contributed by atoms with Gasteiger partial charge in [0.15, 0.2) is 11.6 Å². The van der Waals surface area contributed by atoms with Crippen molar-refractivity contribution in [2.24, 2.45) is 0 Å². The van der Waals surface area contributed by atoms with Crippen LogP contribution in [-0.2, 0) is 4.79 Å². The molecule has 2 atom stereocenters. The van der Waals surface area contributed by atoms with Gasteiger partial charge in [0.25, 0.3) is 0 Å². The molecule has 0 saturated carbocycles. The van der Waals surface area contributed by atoms with Crippen LogP contribution in [0.25, 0.3) is 10.8 Å². The van der Waals surface area contributed by atoms with Crippen LogP contribution >= 0.6 is 0 Å². The number of hydrogen-bond donors (Lipinski definition) is 1. The summed E-state index contributed by atoms with van der Waals surface area (Å²) in [5, 5.41) is 12.4. The number of pyridine rings is 1. The van der Waals surface area contributed by atoms with Crippen molar-refractivity contribution in [3.8, 4) is 0 Å². The van der Waals surface area contributed by atoms with Gasteiger partial charge in [-0.1, -0.05) is 84.9 Å². The zero-order valence-electron chi connectivity index (χ0n) is 15.6. The summed E-state index contributed by atoms with van der Waals surface area (Å²) in [6.07, 6.45) is 0.167. The molecular formula is C25H19NO3. The van der Waals surface area contributed by atoms with Crippen LogP contribution in [0, 0.1) is 0 Å². The topological polar surface area (TPSA) is 67.3 Å². The van der Waals surface area contributed by atoms with Crippen molar-refractivity contribution in [3.63, 3.8) is 0 Å². The number of ketones is 2. The van der Waals surface area contributed by atoms with Crippen LogP contribution in [0.3, 0.4) is 0 Å². The maximum Gasteiger partial charge on any atom is 0.182 e. The zero-order chi connectivity index (χ0) is 20.2. The van der Waals surface area contributed by atoms with E-state index in [2.05, 4.69) is 4.98 Å². The fourth-order valence-electron chi connectivity index (χ4n) is 3.49. The van der Waals surface area contributed by atoms with Crippen molar-refractivity contribution < 1.29 is 14.7 Å². The van der Waals surface area contributed by atoms with E-state index >= 15 is 0 Å². The van der Waals surface area contributed by atoms with Gasteiger partial charge in [0.05, 0.1) is 5.69 Å². The molecule has 1 aromatic heterocycles. The Bertz CT molecular complexity index is 1150. The lowest BCUT2D eigenvalue weighted by Gasteiger charge is -2.20. The highest BCUT2D eigenvalue weighted by atomic mass is 16.3. The highest BCUT2D eigenvalue weighted by Gasteiger charge is 2.36. The number of aliphatic hydroxyl groups is 1. The van der Waals surface area contributed by atoms with Gasteiger partial charge in [-0.15, -0.1) is 0 Å². The second-order valence-corrected chi connectivity index (χ2v) is 6.80. The van der Waals surface area contributed by atoms with E-state index in [0.717, 1.165) is 10.8 Å².